The maximum atomic E-state index is 14.8. The number of aromatic nitrogens is 4. The van der Waals surface area contributed by atoms with Crippen LogP contribution in [0.3, 0.4) is 0 Å². The number of rotatable bonds is 8. The van der Waals surface area contributed by atoms with Gasteiger partial charge in [-0.1, -0.05) is 23.7 Å². The lowest BCUT2D eigenvalue weighted by atomic mass is 9.88. The number of hydrogen-bond acceptors (Lipinski definition) is 8. The third-order valence-corrected chi connectivity index (χ3v) is 8.29. The van der Waals surface area contributed by atoms with Gasteiger partial charge < -0.3 is 23.9 Å². The summed E-state index contributed by atoms with van der Waals surface area (Å²) in [6, 6.07) is 11.8. The molecule has 12 heteroatoms. The summed E-state index contributed by atoms with van der Waals surface area (Å²) >= 11 is 5.96. The standard InChI is InChI=1S/C30H31ClFN5O5/c1-17(40-3)15-37-26(33-23-14-24(29(38)39)34-35-28(23)37)16-36-11-9-18(10-12-36)20-5-4-6-25-27(20)42-30(2,41-25)21-8-7-19(31)13-22(21)32/h4-8,13-14,17-18H,9-12,15-16H2,1-3H3,(H,38,39)/t17?,30-/m0/s1. The van der Waals surface area contributed by atoms with E-state index in [1.54, 1.807) is 26.2 Å². The van der Waals surface area contributed by atoms with Crippen molar-refractivity contribution in [3.05, 3.63) is 75.9 Å². The number of likely N-dealkylation sites (tertiary alicyclic amines) is 1. The quantitative estimate of drug-likeness (QED) is 0.287. The van der Waals surface area contributed by atoms with Gasteiger partial charge >= 0.3 is 5.97 Å². The van der Waals surface area contributed by atoms with Crippen LogP contribution in [0.25, 0.3) is 11.2 Å². The number of methoxy groups -OCH3 is 1. The first kappa shape index (κ1) is 28.3. The molecule has 2 atom stereocenters. The molecule has 0 aliphatic carbocycles. The van der Waals surface area contributed by atoms with E-state index < -0.39 is 17.6 Å². The van der Waals surface area contributed by atoms with Crippen LogP contribution in [0.4, 0.5) is 4.39 Å². The first-order chi connectivity index (χ1) is 20.1. The summed E-state index contributed by atoms with van der Waals surface area (Å²) in [5.41, 5.74) is 2.21. The number of nitrogens with zero attached hydrogens (tertiary/aromatic N) is 5. The smallest absolute Gasteiger partial charge is 0.356 e. The zero-order valence-electron chi connectivity index (χ0n) is 23.5. The summed E-state index contributed by atoms with van der Waals surface area (Å²) in [6.45, 7) is 6.38. The van der Waals surface area contributed by atoms with E-state index in [1.807, 2.05) is 23.6 Å². The van der Waals surface area contributed by atoms with E-state index >= 15 is 0 Å². The Morgan fingerprint density at radius 3 is 2.71 bits per heavy atom. The number of benzene rings is 2. The molecule has 0 radical (unpaired) electrons. The van der Waals surface area contributed by atoms with Gasteiger partial charge in [0.2, 0.25) is 0 Å². The lowest BCUT2D eigenvalue weighted by molar-refractivity contribution is -0.0712. The zero-order chi connectivity index (χ0) is 29.6. The third-order valence-electron chi connectivity index (χ3n) is 8.06. The number of fused-ring (bicyclic) bond motifs is 2. The predicted molar refractivity (Wildman–Crippen MR) is 152 cm³/mol. The molecule has 1 N–H and O–H groups in total. The van der Waals surface area contributed by atoms with Crippen molar-refractivity contribution in [2.45, 2.75) is 57.6 Å². The molecule has 220 valence electrons. The normalized spacial score (nSPS) is 19.8. The first-order valence-corrected chi connectivity index (χ1v) is 14.2. The summed E-state index contributed by atoms with van der Waals surface area (Å²) in [5.74, 6) is -0.673. The maximum Gasteiger partial charge on any atom is 0.356 e. The molecule has 0 amide bonds. The Balaban J connectivity index is 1.19. The Morgan fingerprint density at radius 1 is 1.21 bits per heavy atom. The van der Waals surface area contributed by atoms with Crippen LogP contribution >= 0.6 is 11.6 Å². The molecule has 2 aromatic heterocycles. The zero-order valence-corrected chi connectivity index (χ0v) is 24.3. The second kappa shape index (κ2) is 11.1. The van der Waals surface area contributed by atoms with Crippen molar-refractivity contribution in [1.29, 1.82) is 0 Å². The van der Waals surface area contributed by atoms with Gasteiger partial charge in [0.15, 0.2) is 22.8 Å². The molecule has 0 bridgehead atoms. The van der Waals surface area contributed by atoms with Crippen molar-refractivity contribution in [3.8, 4) is 11.5 Å². The summed E-state index contributed by atoms with van der Waals surface area (Å²) in [4.78, 5) is 18.5. The van der Waals surface area contributed by atoms with Crippen molar-refractivity contribution in [2.75, 3.05) is 20.2 Å². The van der Waals surface area contributed by atoms with Gasteiger partial charge in [-0.2, -0.15) is 0 Å². The molecule has 0 saturated carbocycles. The van der Waals surface area contributed by atoms with Gasteiger partial charge in [-0.15, -0.1) is 10.2 Å². The van der Waals surface area contributed by atoms with Gasteiger partial charge in [0.1, 0.15) is 17.2 Å². The number of carbonyl (C=O) groups is 1. The number of para-hydroxylation sites is 1. The minimum Gasteiger partial charge on any atom is -0.476 e. The van der Waals surface area contributed by atoms with Crippen LogP contribution in [-0.2, 0) is 23.6 Å². The fourth-order valence-corrected chi connectivity index (χ4v) is 5.92. The van der Waals surface area contributed by atoms with Crippen molar-refractivity contribution < 1.29 is 28.5 Å². The first-order valence-electron chi connectivity index (χ1n) is 13.8. The average Bonchev–Trinajstić information content (AvgIpc) is 3.49. The fraction of sp³-hybridized carbons (Fsp3) is 0.400. The summed E-state index contributed by atoms with van der Waals surface area (Å²) in [5, 5.41) is 17.7. The lowest BCUT2D eigenvalue weighted by Gasteiger charge is -2.32. The number of carboxylic acid groups (broad SMARTS) is 1. The van der Waals surface area contributed by atoms with Gasteiger partial charge in [-0.25, -0.2) is 14.2 Å². The Labute approximate surface area is 247 Å². The Morgan fingerprint density at radius 2 is 2.00 bits per heavy atom. The van der Waals surface area contributed by atoms with Crippen LogP contribution in [0.5, 0.6) is 11.5 Å². The summed E-state index contributed by atoms with van der Waals surface area (Å²) in [7, 11) is 1.64. The van der Waals surface area contributed by atoms with Crippen molar-refractivity contribution in [1.82, 2.24) is 24.6 Å². The van der Waals surface area contributed by atoms with E-state index in [1.165, 1.54) is 12.1 Å². The second-order valence-corrected chi connectivity index (χ2v) is 11.4. The Hall–Kier alpha value is -3.80. The molecule has 0 spiro atoms. The molecule has 1 saturated heterocycles. The van der Waals surface area contributed by atoms with Crippen LogP contribution < -0.4 is 9.47 Å². The van der Waals surface area contributed by atoms with Crippen molar-refractivity contribution in [3.63, 3.8) is 0 Å². The maximum absolute atomic E-state index is 14.8. The number of hydrogen-bond donors (Lipinski definition) is 1. The van der Waals surface area contributed by atoms with Crippen molar-refractivity contribution >= 4 is 28.7 Å². The molecular weight excluding hydrogens is 565 g/mol. The largest absolute Gasteiger partial charge is 0.476 e. The molecule has 6 rings (SSSR count). The van der Waals surface area contributed by atoms with Crippen LogP contribution in [0.2, 0.25) is 5.02 Å². The monoisotopic (exact) mass is 595 g/mol. The molecule has 10 nitrogen and oxygen atoms in total. The molecule has 4 aromatic rings. The van der Waals surface area contributed by atoms with Gasteiger partial charge in [0, 0.05) is 30.7 Å². The highest BCUT2D eigenvalue weighted by Crippen LogP contribution is 2.49. The summed E-state index contributed by atoms with van der Waals surface area (Å²) in [6.07, 6.45) is 1.66. The van der Waals surface area contributed by atoms with E-state index in [9.17, 15) is 14.3 Å². The van der Waals surface area contributed by atoms with Gasteiger partial charge in [-0.3, -0.25) is 4.90 Å². The molecule has 2 aliphatic heterocycles. The molecule has 2 aliphatic rings. The molecular formula is C30H31ClFN5O5. The van der Waals surface area contributed by atoms with E-state index in [0.29, 0.717) is 40.8 Å². The Bertz CT molecular complexity index is 1660. The van der Waals surface area contributed by atoms with Gasteiger partial charge in [0.05, 0.1) is 24.8 Å². The van der Waals surface area contributed by atoms with E-state index in [0.717, 1.165) is 37.3 Å². The fourth-order valence-electron chi connectivity index (χ4n) is 5.76. The number of piperidine rings is 1. The number of ether oxygens (including phenoxy) is 3. The highest BCUT2D eigenvalue weighted by atomic mass is 35.5. The van der Waals surface area contributed by atoms with Crippen LogP contribution in [-0.4, -0.2) is 62.0 Å². The molecule has 1 fully saturated rings. The van der Waals surface area contributed by atoms with E-state index in [4.69, 9.17) is 30.8 Å². The Kier molecular flexibility index (Phi) is 7.50. The van der Waals surface area contributed by atoms with Gasteiger partial charge in [0.25, 0.3) is 5.79 Å². The van der Waals surface area contributed by atoms with E-state index in [2.05, 4.69) is 21.2 Å². The topological polar surface area (TPSA) is 112 Å². The van der Waals surface area contributed by atoms with Crippen LogP contribution in [0.1, 0.15) is 60.0 Å². The third kappa shape index (κ3) is 5.28. The summed E-state index contributed by atoms with van der Waals surface area (Å²) < 4.78 is 34.7. The minimum atomic E-state index is -1.30. The minimum absolute atomic E-state index is 0.0951. The number of imidazole rings is 1. The molecule has 4 heterocycles. The highest BCUT2D eigenvalue weighted by Gasteiger charge is 2.43. The highest BCUT2D eigenvalue weighted by molar-refractivity contribution is 6.30. The van der Waals surface area contributed by atoms with Crippen LogP contribution in [0, 0.1) is 5.82 Å². The molecule has 1 unspecified atom stereocenters. The van der Waals surface area contributed by atoms with Gasteiger partial charge in [-0.05, 0) is 63.0 Å². The predicted octanol–water partition coefficient (Wildman–Crippen LogP) is 5.38. The number of carboxylic acids is 1. The SMILES string of the molecule is COC(C)Cn1c(CN2CCC(c3cccc4c3O[C@@](C)(c3ccc(Cl)cc3F)O4)CC2)nc2cc(C(=O)O)nnc21. The van der Waals surface area contributed by atoms with E-state index in [-0.39, 0.29) is 23.3 Å². The molecule has 42 heavy (non-hydrogen) atoms. The number of halogens is 2. The van der Waals surface area contributed by atoms with Crippen LogP contribution in [0.15, 0.2) is 42.5 Å². The van der Waals surface area contributed by atoms with Crippen molar-refractivity contribution in [2.24, 2.45) is 0 Å². The number of aromatic carboxylic acids is 1. The second-order valence-electron chi connectivity index (χ2n) is 10.9. The lowest BCUT2D eigenvalue weighted by Crippen LogP contribution is -2.34. The average molecular weight is 596 g/mol. The molecule has 2 aromatic carbocycles.